The second-order valence-electron chi connectivity index (χ2n) is 6.93. The fourth-order valence-corrected chi connectivity index (χ4v) is 2.43. The zero-order chi connectivity index (χ0) is 22.9. The van der Waals surface area contributed by atoms with E-state index in [-0.39, 0.29) is 25.6 Å². The highest BCUT2D eigenvalue weighted by atomic mass is 16.5. The van der Waals surface area contributed by atoms with Crippen LogP contribution in [0, 0.1) is 0 Å². The van der Waals surface area contributed by atoms with E-state index in [0.29, 0.717) is 19.6 Å². The molecular formula is C23H43NO6. The largest absolute Gasteiger partial charge is 0.502 e. The van der Waals surface area contributed by atoms with Crippen LogP contribution in [0.2, 0.25) is 0 Å². The lowest BCUT2D eigenvalue weighted by molar-refractivity contribution is -0.142. The minimum atomic E-state index is -0.776. The van der Waals surface area contributed by atoms with Crippen molar-refractivity contribution in [3.05, 3.63) is 24.5 Å². The summed E-state index contributed by atoms with van der Waals surface area (Å²) in [4.78, 5) is 21.6. The Hall–Kier alpha value is -1.86. The second kappa shape index (κ2) is 25.2. The Morgan fingerprint density at radius 3 is 1.93 bits per heavy atom. The maximum absolute atomic E-state index is 10.9. The Balaban J connectivity index is 0. The molecule has 0 aromatic carbocycles. The van der Waals surface area contributed by atoms with Gasteiger partial charge in [-0.3, -0.25) is 0 Å². The normalized spacial score (nSPS) is 10.7. The van der Waals surface area contributed by atoms with E-state index in [1.54, 1.807) is 0 Å². The van der Waals surface area contributed by atoms with Crippen LogP contribution < -0.4 is 5.73 Å². The zero-order valence-corrected chi connectivity index (χ0v) is 18.8. The van der Waals surface area contributed by atoms with Gasteiger partial charge in [0.25, 0.3) is 0 Å². The molecule has 0 amide bonds. The molecule has 0 fully saturated rings. The van der Waals surface area contributed by atoms with Gasteiger partial charge in [0.2, 0.25) is 0 Å². The predicted molar refractivity (Wildman–Crippen MR) is 120 cm³/mol. The summed E-state index contributed by atoms with van der Waals surface area (Å²) in [7, 11) is 0. The van der Waals surface area contributed by atoms with Crippen LogP contribution in [0.1, 0.15) is 84.0 Å². The molecule has 0 heterocycles. The quantitative estimate of drug-likeness (QED) is 0.128. The van der Waals surface area contributed by atoms with E-state index in [9.17, 15) is 9.59 Å². The predicted octanol–water partition coefficient (Wildman–Crippen LogP) is 4.34. The van der Waals surface area contributed by atoms with Crippen molar-refractivity contribution in [2.45, 2.75) is 84.0 Å². The molecule has 0 aromatic heterocycles. The maximum atomic E-state index is 10.9. The van der Waals surface area contributed by atoms with Crippen LogP contribution in [0.25, 0.3) is 0 Å². The summed E-state index contributed by atoms with van der Waals surface area (Å²) in [5.41, 5.74) is 5.17. The van der Waals surface area contributed by atoms with Crippen LogP contribution in [0.3, 0.4) is 0 Å². The number of nitrogens with two attached hydrogens (primary N) is 1. The molecule has 0 radical (unpaired) electrons. The monoisotopic (exact) mass is 429 g/mol. The van der Waals surface area contributed by atoms with Crippen LogP contribution in [0.15, 0.2) is 24.5 Å². The molecule has 0 aromatic rings. The average molecular weight is 430 g/mol. The van der Waals surface area contributed by atoms with Gasteiger partial charge in [0.05, 0.1) is 13.2 Å². The minimum Gasteiger partial charge on any atom is -0.502 e. The van der Waals surface area contributed by atoms with Crippen molar-refractivity contribution in [2.75, 3.05) is 26.4 Å². The molecule has 0 aliphatic carbocycles. The molecule has 7 nitrogen and oxygen atoms in total. The van der Waals surface area contributed by atoms with Crippen molar-refractivity contribution in [1.82, 2.24) is 0 Å². The summed E-state index contributed by atoms with van der Waals surface area (Å²) in [6.07, 6.45) is 16.2. The third-order valence-electron chi connectivity index (χ3n) is 4.17. The molecular weight excluding hydrogens is 386 g/mol. The van der Waals surface area contributed by atoms with Gasteiger partial charge in [0.1, 0.15) is 0 Å². The van der Waals surface area contributed by atoms with Gasteiger partial charge in [-0.05, 0) is 31.9 Å². The second-order valence-corrected chi connectivity index (χ2v) is 6.93. The molecule has 7 heteroatoms. The Morgan fingerprint density at radius 2 is 1.43 bits per heavy atom. The molecule has 176 valence electrons. The Kier molecular flexibility index (Phi) is 25.5. The highest BCUT2D eigenvalue weighted by Crippen LogP contribution is 2.10. The van der Waals surface area contributed by atoms with E-state index in [1.165, 1.54) is 69.9 Å². The van der Waals surface area contributed by atoms with Crippen LogP contribution in [-0.2, 0) is 19.1 Å². The molecule has 0 unspecified atom stereocenters. The first-order chi connectivity index (χ1) is 14.5. The topological polar surface area (TPSA) is 119 Å². The van der Waals surface area contributed by atoms with Gasteiger partial charge in [-0.2, -0.15) is 0 Å². The van der Waals surface area contributed by atoms with Gasteiger partial charge < -0.3 is 25.4 Å². The number of hydrogen-bond donors (Lipinski definition) is 3. The number of esters is 2. The summed E-state index contributed by atoms with van der Waals surface area (Å²) in [5.74, 6) is -1.55. The van der Waals surface area contributed by atoms with Crippen molar-refractivity contribution < 1.29 is 29.3 Å². The van der Waals surface area contributed by atoms with Crippen LogP contribution in [0.5, 0.6) is 0 Å². The Morgan fingerprint density at radius 1 is 0.900 bits per heavy atom. The van der Waals surface area contributed by atoms with E-state index < -0.39 is 11.7 Å². The van der Waals surface area contributed by atoms with Crippen LogP contribution in [-0.4, -0.2) is 48.5 Å². The molecule has 0 rings (SSSR count). The molecule has 0 atom stereocenters. The molecule has 0 aliphatic heterocycles. The van der Waals surface area contributed by atoms with Crippen LogP contribution in [0.4, 0.5) is 0 Å². The smallest absolute Gasteiger partial charge is 0.373 e. The highest BCUT2D eigenvalue weighted by Gasteiger charge is 2.07. The number of aliphatic hydroxyl groups is 2. The lowest BCUT2D eigenvalue weighted by Crippen LogP contribution is -2.11. The first-order valence-corrected chi connectivity index (χ1v) is 11.2. The van der Waals surface area contributed by atoms with Crippen molar-refractivity contribution >= 4 is 11.9 Å². The fraction of sp³-hybridized carbons (Fsp3) is 0.739. The summed E-state index contributed by atoms with van der Waals surface area (Å²) in [6.45, 7) is 6.68. The van der Waals surface area contributed by atoms with Gasteiger partial charge in [0.15, 0.2) is 5.76 Å². The first kappa shape index (κ1) is 30.3. The average Bonchev–Trinajstić information content (AvgIpc) is 2.76. The van der Waals surface area contributed by atoms with E-state index >= 15 is 0 Å². The molecule has 0 bridgehead atoms. The number of unbranched alkanes of at least 4 members (excludes halogenated alkanes) is 9. The lowest BCUT2D eigenvalue weighted by Gasteiger charge is -2.03. The molecule has 0 saturated heterocycles. The van der Waals surface area contributed by atoms with E-state index in [4.69, 9.17) is 20.7 Å². The SMILES string of the molecule is C=CC(=O)OCCCCCCCCCCCC.NCCCOC(=O)C(O)=CCCO. The number of aliphatic hydroxyl groups excluding tert-OH is 2. The standard InChI is InChI=1S/C15H28O2.C8H15NO4/c1-3-5-6-7-8-9-10-11-12-13-14-17-15(16)4-2;9-4-2-6-13-8(12)7(11)3-1-5-10/h4H,2-3,5-14H2,1H3;3,10-11H,1-2,4-6,9H2. The van der Waals surface area contributed by atoms with Gasteiger partial charge >= 0.3 is 11.9 Å². The minimum absolute atomic E-state index is 0.111. The molecule has 4 N–H and O–H groups in total. The summed E-state index contributed by atoms with van der Waals surface area (Å²) in [5, 5.41) is 17.4. The molecule has 30 heavy (non-hydrogen) atoms. The number of rotatable bonds is 18. The number of carbonyl (C=O) groups is 2. The fourth-order valence-electron chi connectivity index (χ4n) is 2.43. The van der Waals surface area contributed by atoms with Crippen LogP contribution >= 0.6 is 0 Å². The number of carbonyl (C=O) groups excluding carboxylic acids is 2. The van der Waals surface area contributed by atoms with E-state index in [0.717, 1.165) is 6.42 Å². The third kappa shape index (κ3) is 24.2. The highest BCUT2D eigenvalue weighted by molar-refractivity contribution is 5.85. The van der Waals surface area contributed by atoms with Gasteiger partial charge in [0, 0.05) is 12.7 Å². The summed E-state index contributed by atoms with van der Waals surface area (Å²) in [6, 6.07) is 0. The van der Waals surface area contributed by atoms with Crippen molar-refractivity contribution in [3.8, 4) is 0 Å². The van der Waals surface area contributed by atoms with Crippen molar-refractivity contribution in [2.24, 2.45) is 5.73 Å². The molecule has 0 saturated carbocycles. The number of hydrogen-bond acceptors (Lipinski definition) is 7. The van der Waals surface area contributed by atoms with Gasteiger partial charge in [-0.25, -0.2) is 9.59 Å². The van der Waals surface area contributed by atoms with E-state index in [2.05, 4.69) is 18.2 Å². The lowest BCUT2D eigenvalue weighted by atomic mass is 10.1. The van der Waals surface area contributed by atoms with Crippen molar-refractivity contribution in [3.63, 3.8) is 0 Å². The first-order valence-electron chi connectivity index (χ1n) is 11.2. The third-order valence-corrected chi connectivity index (χ3v) is 4.17. The van der Waals surface area contributed by atoms with Gasteiger partial charge in [-0.15, -0.1) is 0 Å². The van der Waals surface area contributed by atoms with Crippen molar-refractivity contribution in [1.29, 1.82) is 0 Å². The Bertz CT molecular complexity index is 451. The molecule has 0 spiro atoms. The van der Waals surface area contributed by atoms with Gasteiger partial charge in [-0.1, -0.05) is 71.3 Å². The van der Waals surface area contributed by atoms with E-state index in [1.807, 2.05) is 0 Å². The molecule has 0 aliphatic rings. The Labute approximate surface area is 182 Å². The number of ether oxygens (including phenoxy) is 2. The zero-order valence-electron chi connectivity index (χ0n) is 18.8. The summed E-state index contributed by atoms with van der Waals surface area (Å²) >= 11 is 0. The maximum Gasteiger partial charge on any atom is 0.373 e. The summed E-state index contributed by atoms with van der Waals surface area (Å²) < 4.78 is 9.53.